The number of nitrogens with zero attached hydrogens (tertiary/aromatic N) is 2. The Morgan fingerprint density at radius 1 is 1.15 bits per heavy atom. The van der Waals surface area contributed by atoms with Crippen molar-refractivity contribution in [3.05, 3.63) is 0 Å². The van der Waals surface area contributed by atoms with E-state index in [0.717, 1.165) is 25.9 Å². The number of rotatable bonds is 3. The molecule has 0 spiro atoms. The van der Waals surface area contributed by atoms with Gasteiger partial charge in [-0.3, -0.25) is 9.69 Å². The summed E-state index contributed by atoms with van der Waals surface area (Å²) in [5.74, 6) is -0.365. The summed E-state index contributed by atoms with van der Waals surface area (Å²) in [7, 11) is -3.80. The summed E-state index contributed by atoms with van der Waals surface area (Å²) in [5.41, 5.74) is 0.151. The molecule has 7 heteroatoms. The summed E-state index contributed by atoms with van der Waals surface area (Å²) in [5, 5.41) is 3.92. The summed E-state index contributed by atoms with van der Waals surface area (Å²) in [4.78, 5) is 16.3. The van der Waals surface area contributed by atoms with Gasteiger partial charge < -0.3 is 4.90 Å². The van der Waals surface area contributed by atoms with Gasteiger partial charge in [-0.25, -0.2) is 13.6 Å². The van der Waals surface area contributed by atoms with Crippen LogP contribution < -0.4 is 5.14 Å². The Morgan fingerprint density at radius 3 is 2.10 bits per heavy atom. The first-order valence-electron chi connectivity index (χ1n) is 7.29. The van der Waals surface area contributed by atoms with Gasteiger partial charge in [0.2, 0.25) is 15.9 Å². The molecule has 2 rings (SSSR count). The average Bonchev–Trinajstić information content (AvgIpc) is 2.91. The second-order valence-electron chi connectivity index (χ2n) is 6.25. The van der Waals surface area contributed by atoms with Crippen LogP contribution in [0.4, 0.5) is 0 Å². The molecule has 6 nitrogen and oxygen atoms in total. The van der Waals surface area contributed by atoms with Crippen LogP contribution in [0.3, 0.4) is 0 Å². The molecule has 2 fully saturated rings. The maximum atomic E-state index is 12.1. The molecule has 1 unspecified atom stereocenters. The number of sulfonamides is 1. The summed E-state index contributed by atoms with van der Waals surface area (Å²) >= 11 is 0. The second kappa shape index (κ2) is 5.61. The fourth-order valence-corrected chi connectivity index (χ4v) is 3.61. The fraction of sp³-hybridized carbons (Fsp3) is 0.923. The monoisotopic (exact) mass is 303 g/mol. The highest BCUT2D eigenvalue weighted by Gasteiger charge is 2.39. The van der Waals surface area contributed by atoms with E-state index in [2.05, 4.69) is 11.8 Å². The number of piperidine rings is 1. The molecule has 0 aliphatic carbocycles. The molecule has 0 aromatic carbocycles. The van der Waals surface area contributed by atoms with Crippen LogP contribution in [0.2, 0.25) is 0 Å². The third kappa shape index (κ3) is 3.15. The zero-order chi connectivity index (χ0) is 15.0. The van der Waals surface area contributed by atoms with E-state index in [1.54, 1.807) is 4.90 Å². The number of carbonyl (C=O) groups is 1. The third-order valence-electron chi connectivity index (χ3n) is 4.86. The molecule has 2 saturated heterocycles. The molecule has 116 valence electrons. The van der Waals surface area contributed by atoms with Crippen molar-refractivity contribution in [3.8, 4) is 0 Å². The van der Waals surface area contributed by atoms with E-state index in [-0.39, 0.29) is 11.4 Å². The maximum Gasteiger partial charge on any atom is 0.242 e. The molecule has 0 aromatic heterocycles. The van der Waals surface area contributed by atoms with E-state index in [9.17, 15) is 13.2 Å². The van der Waals surface area contributed by atoms with Crippen molar-refractivity contribution < 1.29 is 13.2 Å². The molecule has 1 amide bonds. The minimum absolute atomic E-state index is 0.151. The van der Waals surface area contributed by atoms with Gasteiger partial charge in [-0.15, -0.1) is 0 Å². The van der Waals surface area contributed by atoms with Crippen molar-refractivity contribution in [2.45, 2.75) is 50.3 Å². The molecular weight excluding hydrogens is 278 g/mol. The van der Waals surface area contributed by atoms with Gasteiger partial charge in [0.05, 0.1) is 0 Å². The Hall–Kier alpha value is -0.660. The SMILES string of the molecule is CC(C(=O)N1CCC(C)(N2CCCC2)CC1)S(N)(=O)=O. The van der Waals surface area contributed by atoms with Gasteiger partial charge in [-0.05, 0) is 52.6 Å². The predicted octanol–water partition coefficient (Wildman–Crippen LogP) is 0.140. The van der Waals surface area contributed by atoms with Crippen molar-refractivity contribution in [1.29, 1.82) is 0 Å². The topological polar surface area (TPSA) is 83.7 Å². The number of hydrogen-bond donors (Lipinski definition) is 1. The molecule has 2 N–H and O–H groups in total. The number of nitrogens with two attached hydrogens (primary N) is 1. The van der Waals surface area contributed by atoms with Crippen LogP contribution >= 0.6 is 0 Å². The first-order valence-corrected chi connectivity index (χ1v) is 8.90. The van der Waals surface area contributed by atoms with Crippen molar-refractivity contribution in [2.24, 2.45) is 5.14 Å². The molecule has 2 aliphatic heterocycles. The molecule has 20 heavy (non-hydrogen) atoms. The Labute approximate surface area is 121 Å². The summed E-state index contributed by atoms with van der Waals surface area (Å²) in [6, 6.07) is 0. The van der Waals surface area contributed by atoms with E-state index in [1.165, 1.54) is 19.8 Å². The van der Waals surface area contributed by atoms with Crippen molar-refractivity contribution in [2.75, 3.05) is 26.2 Å². The minimum atomic E-state index is -3.80. The lowest BCUT2D eigenvalue weighted by Gasteiger charge is -2.45. The Balaban J connectivity index is 1.95. The molecular formula is C13H25N3O3S. The third-order valence-corrected chi connectivity index (χ3v) is 6.05. The predicted molar refractivity (Wildman–Crippen MR) is 77.6 cm³/mol. The Morgan fingerprint density at radius 2 is 1.65 bits per heavy atom. The van der Waals surface area contributed by atoms with Crippen LogP contribution in [-0.4, -0.2) is 61.1 Å². The van der Waals surface area contributed by atoms with Crippen LogP contribution in [0.15, 0.2) is 0 Å². The Bertz CT molecular complexity index is 463. The first kappa shape index (κ1) is 15.7. The highest BCUT2D eigenvalue weighted by molar-refractivity contribution is 7.90. The zero-order valence-corrected chi connectivity index (χ0v) is 13.2. The van der Waals surface area contributed by atoms with Gasteiger partial charge in [0, 0.05) is 18.6 Å². The van der Waals surface area contributed by atoms with E-state index < -0.39 is 15.3 Å². The van der Waals surface area contributed by atoms with E-state index in [4.69, 9.17) is 5.14 Å². The largest absolute Gasteiger partial charge is 0.341 e. The lowest BCUT2D eigenvalue weighted by Crippen LogP contribution is -2.55. The smallest absolute Gasteiger partial charge is 0.242 e. The van der Waals surface area contributed by atoms with E-state index in [1.807, 2.05) is 0 Å². The summed E-state index contributed by atoms with van der Waals surface area (Å²) < 4.78 is 22.5. The van der Waals surface area contributed by atoms with Crippen LogP contribution in [0.5, 0.6) is 0 Å². The number of carbonyl (C=O) groups excluding carboxylic acids is 1. The maximum absolute atomic E-state index is 12.1. The lowest BCUT2D eigenvalue weighted by atomic mass is 9.88. The average molecular weight is 303 g/mol. The standard InChI is InChI=1S/C13H25N3O3S/c1-11(20(14,18)19)12(17)15-9-5-13(2,6-10-15)16-7-3-4-8-16/h11H,3-10H2,1-2H3,(H2,14,18,19). The molecule has 0 saturated carbocycles. The quantitative estimate of drug-likeness (QED) is 0.804. The number of likely N-dealkylation sites (tertiary alicyclic amines) is 2. The van der Waals surface area contributed by atoms with Crippen molar-refractivity contribution in [1.82, 2.24) is 9.80 Å². The van der Waals surface area contributed by atoms with Gasteiger partial charge in [0.25, 0.3) is 0 Å². The van der Waals surface area contributed by atoms with E-state index >= 15 is 0 Å². The first-order chi connectivity index (χ1) is 9.24. The van der Waals surface area contributed by atoms with Gasteiger partial charge in [-0.2, -0.15) is 0 Å². The van der Waals surface area contributed by atoms with Crippen LogP contribution in [-0.2, 0) is 14.8 Å². The van der Waals surface area contributed by atoms with E-state index in [0.29, 0.717) is 13.1 Å². The number of primary sulfonamides is 1. The van der Waals surface area contributed by atoms with Gasteiger partial charge in [-0.1, -0.05) is 0 Å². The fourth-order valence-electron chi connectivity index (χ4n) is 3.18. The van der Waals surface area contributed by atoms with Crippen LogP contribution in [0, 0.1) is 0 Å². The molecule has 0 radical (unpaired) electrons. The number of hydrogen-bond acceptors (Lipinski definition) is 4. The van der Waals surface area contributed by atoms with Gasteiger partial charge >= 0.3 is 0 Å². The molecule has 2 aliphatic rings. The van der Waals surface area contributed by atoms with Crippen LogP contribution in [0.1, 0.15) is 39.5 Å². The lowest BCUT2D eigenvalue weighted by molar-refractivity contribution is -0.132. The highest BCUT2D eigenvalue weighted by Crippen LogP contribution is 2.31. The molecule has 2 heterocycles. The highest BCUT2D eigenvalue weighted by atomic mass is 32.2. The zero-order valence-electron chi connectivity index (χ0n) is 12.3. The molecule has 0 aromatic rings. The van der Waals surface area contributed by atoms with Gasteiger partial charge in [0.1, 0.15) is 0 Å². The summed E-state index contributed by atoms with van der Waals surface area (Å²) in [6.45, 7) is 7.13. The molecule has 1 atom stereocenters. The van der Waals surface area contributed by atoms with Gasteiger partial charge in [0.15, 0.2) is 5.25 Å². The molecule has 0 bridgehead atoms. The van der Waals surface area contributed by atoms with Crippen LogP contribution in [0.25, 0.3) is 0 Å². The number of amides is 1. The van der Waals surface area contributed by atoms with Crippen molar-refractivity contribution >= 4 is 15.9 Å². The normalized spacial score (nSPS) is 25.6. The minimum Gasteiger partial charge on any atom is -0.341 e. The second-order valence-corrected chi connectivity index (χ2v) is 8.13. The summed E-state index contributed by atoms with van der Waals surface area (Å²) in [6.07, 6.45) is 4.30. The Kier molecular flexibility index (Phi) is 4.41. The van der Waals surface area contributed by atoms with Crippen molar-refractivity contribution in [3.63, 3.8) is 0 Å².